The summed E-state index contributed by atoms with van der Waals surface area (Å²) in [5.74, 6) is 0.183. The molecule has 1 heterocycles. The number of nitrogens with one attached hydrogen (secondary N) is 2. The van der Waals surface area contributed by atoms with Crippen LogP contribution in [0.5, 0.6) is 0 Å². The number of anilines is 2. The molecule has 1 aromatic heterocycles. The van der Waals surface area contributed by atoms with Crippen molar-refractivity contribution < 1.29 is 9.90 Å². The number of aliphatic hydroxyl groups excluding tert-OH is 1. The summed E-state index contributed by atoms with van der Waals surface area (Å²) in [5, 5.41) is 20.1. The van der Waals surface area contributed by atoms with Crippen LogP contribution in [0, 0.1) is 0 Å². The van der Waals surface area contributed by atoms with Gasteiger partial charge in [0, 0.05) is 11.3 Å². The minimum atomic E-state index is -0.476. The van der Waals surface area contributed by atoms with Gasteiger partial charge >= 0.3 is 0 Å². The molecule has 1 amide bonds. The number of amides is 1. The molecule has 0 aliphatic carbocycles. The maximum atomic E-state index is 12.7. The van der Waals surface area contributed by atoms with Gasteiger partial charge in [0.1, 0.15) is 6.33 Å². The smallest absolute Gasteiger partial charge is 0.251 e. The Kier molecular flexibility index (Phi) is 5.82. The second-order valence-corrected chi connectivity index (χ2v) is 6.67. The second kappa shape index (κ2) is 9.02. The Labute approximate surface area is 174 Å². The van der Waals surface area contributed by atoms with Gasteiger partial charge in [-0.3, -0.25) is 4.79 Å². The average molecular weight is 399 g/mol. The second-order valence-electron chi connectivity index (χ2n) is 6.67. The van der Waals surface area contributed by atoms with Crippen molar-refractivity contribution in [3.63, 3.8) is 0 Å². The Morgan fingerprint density at radius 3 is 2.43 bits per heavy atom. The standard InChI is InChI=1S/C23H21N5O2/c29-15-21(17-8-3-1-4-9-17)26-22(30)18-10-7-13-20(14-18)28-16-24-23(27-28)25-19-11-5-2-6-12-19/h1-14,16,21,29H,15H2,(H,25,27)(H,26,30). The Morgan fingerprint density at radius 2 is 1.70 bits per heavy atom. The largest absolute Gasteiger partial charge is 0.394 e. The first-order valence-electron chi connectivity index (χ1n) is 9.54. The Hall–Kier alpha value is -3.97. The first-order chi connectivity index (χ1) is 14.7. The van der Waals surface area contributed by atoms with E-state index in [4.69, 9.17) is 0 Å². The van der Waals surface area contributed by atoms with E-state index in [1.165, 1.54) is 0 Å². The lowest BCUT2D eigenvalue weighted by molar-refractivity contribution is 0.0916. The number of hydrogen-bond donors (Lipinski definition) is 3. The molecule has 0 fully saturated rings. The lowest BCUT2D eigenvalue weighted by atomic mass is 10.1. The number of nitrogens with zero attached hydrogens (tertiary/aromatic N) is 3. The maximum absolute atomic E-state index is 12.7. The van der Waals surface area contributed by atoms with E-state index in [1.807, 2.05) is 66.7 Å². The van der Waals surface area contributed by atoms with E-state index >= 15 is 0 Å². The van der Waals surface area contributed by atoms with Crippen molar-refractivity contribution in [3.05, 3.63) is 102 Å². The van der Waals surface area contributed by atoms with Crippen molar-refractivity contribution in [3.8, 4) is 5.69 Å². The van der Waals surface area contributed by atoms with Crippen LogP contribution in [0.3, 0.4) is 0 Å². The molecule has 1 atom stereocenters. The summed E-state index contributed by atoms with van der Waals surface area (Å²) < 4.78 is 1.60. The number of hydrogen-bond acceptors (Lipinski definition) is 5. The van der Waals surface area contributed by atoms with Crippen LogP contribution >= 0.6 is 0 Å². The van der Waals surface area contributed by atoms with Gasteiger partial charge in [-0.25, -0.2) is 4.68 Å². The van der Waals surface area contributed by atoms with Crippen molar-refractivity contribution in [1.82, 2.24) is 20.1 Å². The number of aliphatic hydroxyl groups is 1. The Morgan fingerprint density at radius 1 is 0.967 bits per heavy atom. The lowest BCUT2D eigenvalue weighted by Crippen LogP contribution is -2.30. The van der Waals surface area contributed by atoms with Crippen LogP contribution in [-0.4, -0.2) is 32.4 Å². The van der Waals surface area contributed by atoms with Gasteiger partial charge in [-0.2, -0.15) is 4.98 Å². The number of para-hydroxylation sites is 1. The zero-order valence-electron chi connectivity index (χ0n) is 16.1. The van der Waals surface area contributed by atoms with Crippen LogP contribution in [0.25, 0.3) is 5.69 Å². The van der Waals surface area contributed by atoms with Gasteiger partial charge in [0.25, 0.3) is 5.91 Å². The summed E-state index contributed by atoms with van der Waals surface area (Å²) in [7, 11) is 0. The van der Waals surface area contributed by atoms with Crippen LogP contribution in [0.15, 0.2) is 91.3 Å². The minimum absolute atomic E-state index is 0.187. The number of rotatable bonds is 7. The van der Waals surface area contributed by atoms with Crippen molar-refractivity contribution in [2.45, 2.75) is 6.04 Å². The van der Waals surface area contributed by atoms with E-state index < -0.39 is 6.04 Å². The number of benzene rings is 3. The van der Waals surface area contributed by atoms with Gasteiger partial charge < -0.3 is 15.7 Å². The van der Waals surface area contributed by atoms with E-state index in [-0.39, 0.29) is 12.5 Å². The molecule has 0 radical (unpaired) electrons. The van der Waals surface area contributed by atoms with Gasteiger partial charge in [-0.05, 0) is 35.9 Å². The third-order valence-electron chi connectivity index (χ3n) is 4.58. The topological polar surface area (TPSA) is 92.1 Å². The molecular formula is C23H21N5O2. The minimum Gasteiger partial charge on any atom is -0.394 e. The van der Waals surface area contributed by atoms with Crippen LogP contribution < -0.4 is 10.6 Å². The molecule has 1 unspecified atom stereocenters. The fourth-order valence-electron chi connectivity index (χ4n) is 3.05. The summed E-state index contributed by atoms with van der Waals surface area (Å²) in [5.41, 5.74) is 2.91. The molecule has 0 aliphatic rings. The lowest BCUT2D eigenvalue weighted by Gasteiger charge is -2.17. The van der Waals surface area contributed by atoms with Crippen LogP contribution in [0.1, 0.15) is 22.0 Å². The molecule has 0 saturated heterocycles. The molecule has 0 spiro atoms. The molecule has 150 valence electrons. The number of aromatic nitrogens is 3. The molecular weight excluding hydrogens is 378 g/mol. The van der Waals surface area contributed by atoms with Gasteiger partial charge in [0.15, 0.2) is 0 Å². The zero-order chi connectivity index (χ0) is 20.8. The monoisotopic (exact) mass is 399 g/mol. The van der Waals surface area contributed by atoms with E-state index in [0.29, 0.717) is 17.2 Å². The molecule has 7 nitrogen and oxygen atoms in total. The van der Waals surface area contributed by atoms with Crippen molar-refractivity contribution in [1.29, 1.82) is 0 Å². The fraction of sp³-hybridized carbons (Fsp3) is 0.0870. The van der Waals surface area contributed by atoms with Crippen LogP contribution in [0.4, 0.5) is 11.6 Å². The highest BCUT2D eigenvalue weighted by molar-refractivity contribution is 5.95. The van der Waals surface area contributed by atoms with E-state index in [9.17, 15) is 9.90 Å². The zero-order valence-corrected chi connectivity index (χ0v) is 16.1. The first-order valence-corrected chi connectivity index (χ1v) is 9.54. The molecule has 3 N–H and O–H groups in total. The highest BCUT2D eigenvalue weighted by Crippen LogP contribution is 2.16. The molecule has 0 saturated carbocycles. The van der Waals surface area contributed by atoms with Gasteiger partial charge in [-0.1, -0.05) is 54.6 Å². The van der Waals surface area contributed by atoms with Gasteiger partial charge in [-0.15, -0.1) is 5.10 Å². The molecule has 4 rings (SSSR count). The van der Waals surface area contributed by atoms with Crippen molar-refractivity contribution in [2.24, 2.45) is 0 Å². The predicted octanol–water partition coefficient (Wildman–Crippen LogP) is 3.47. The molecule has 7 heteroatoms. The Balaban J connectivity index is 1.49. The highest BCUT2D eigenvalue weighted by Gasteiger charge is 2.15. The normalized spacial score (nSPS) is 11.6. The van der Waals surface area contributed by atoms with Crippen molar-refractivity contribution in [2.75, 3.05) is 11.9 Å². The molecule has 30 heavy (non-hydrogen) atoms. The molecule has 0 bridgehead atoms. The van der Waals surface area contributed by atoms with Crippen LogP contribution in [0.2, 0.25) is 0 Å². The molecule has 4 aromatic rings. The summed E-state index contributed by atoms with van der Waals surface area (Å²) >= 11 is 0. The summed E-state index contributed by atoms with van der Waals surface area (Å²) in [6, 6.07) is 25.6. The average Bonchev–Trinajstić information content (AvgIpc) is 3.27. The van der Waals surface area contributed by atoms with E-state index in [0.717, 1.165) is 11.3 Å². The van der Waals surface area contributed by atoms with Gasteiger partial charge in [0.05, 0.1) is 18.3 Å². The molecule has 0 aliphatic heterocycles. The first kappa shape index (κ1) is 19.4. The van der Waals surface area contributed by atoms with Gasteiger partial charge in [0.2, 0.25) is 5.95 Å². The van der Waals surface area contributed by atoms with E-state index in [1.54, 1.807) is 29.2 Å². The molecule has 3 aromatic carbocycles. The summed E-state index contributed by atoms with van der Waals surface area (Å²) in [6.45, 7) is -0.187. The highest BCUT2D eigenvalue weighted by atomic mass is 16.3. The van der Waals surface area contributed by atoms with Crippen molar-refractivity contribution >= 4 is 17.5 Å². The summed E-state index contributed by atoms with van der Waals surface area (Å²) in [6.07, 6.45) is 1.59. The third kappa shape index (κ3) is 4.53. The Bertz CT molecular complexity index is 1110. The predicted molar refractivity (Wildman–Crippen MR) is 115 cm³/mol. The van der Waals surface area contributed by atoms with Crippen LogP contribution in [-0.2, 0) is 0 Å². The maximum Gasteiger partial charge on any atom is 0.251 e. The number of carbonyl (C=O) groups is 1. The summed E-state index contributed by atoms with van der Waals surface area (Å²) in [4.78, 5) is 17.0. The quantitative estimate of drug-likeness (QED) is 0.443. The van der Waals surface area contributed by atoms with E-state index in [2.05, 4.69) is 20.7 Å². The number of carbonyl (C=O) groups excluding carboxylic acids is 1. The SMILES string of the molecule is O=C(NC(CO)c1ccccc1)c1cccc(-n2cnc(Nc3ccccc3)n2)c1. The fourth-order valence-corrected chi connectivity index (χ4v) is 3.05. The third-order valence-corrected chi connectivity index (χ3v) is 4.58.